The second kappa shape index (κ2) is 3.53. The maximum absolute atomic E-state index is 11.1. The minimum atomic E-state index is 0.00162. The fourth-order valence-electron chi connectivity index (χ4n) is 1.25. The zero-order valence-corrected chi connectivity index (χ0v) is 6.84. The summed E-state index contributed by atoms with van der Waals surface area (Å²) in [4.78, 5) is 13.2. The first-order chi connectivity index (χ1) is 5.25. The topological polar surface area (TPSA) is 32.3 Å². The molecule has 1 amide bonds. The molecule has 1 unspecified atom stereocenters. The van der Waals surface area contributed by atoms with E-state index in [4.69, 9.17) is 0 Å². The standard InChI is InChI=1S/C8H14N2O/c1-3-5-10-6-4-9-8(11)7(10)2/h3,7H,1,4-6H2,2H3,(H,9,11). The van der Waals surface area contributed by atoms with Crippen LogP contribution in [0, 0.1) is 0 Å². The molecule has 0 saturated carbocycles. The van der Waals surface area contributed by atoms with Crippen LogP contribution in [0.15, 0.2) is 12.7 Å². The van der Waals surface area contributed by atoms with Crippen LogP contribution in [0.1, 0.15) is 6.92 Å². The van der Waals surface area contributed by atoms with Crippen molar-refractivity contribution in [1.82, 2.24) is 10.2 Å². The van der Waals surface area contributed by atoms with E-state index < -0.39 is 0 Å². The number of nitrogens with one attached hydrogen (secondary N) is 1. The van der Waals surface area contributed by atoms with Gasteiger partial charge in [0.15, 0.2) is 0 Å². The summed E-state index contributed by atoms with van der Waals surface area (Å²) in [5.41, 5.74) is 0. The van der Waals surface area contributed by atoms with Crippen molar-refractivity contribution in [2.24, 2.45) is 0 Å². The Balaban J connectivity index is 2.50. The monoisotopic (exact) mass is 154 g/mol. The van der Waals surface area contributed by atoms with Crippen molar-refractivity contribution in [3.63, 3.8) is 0 Å². The normalized spacial score (nSPS) is 26.3. The van der Waals surface area contributed by atoms with Gasteiger partial charge in [0.05, 0.1) is 6.04 Å². The zero-order chi connectivity index (χ0) is 8.27. The second-order valence-electron chi connectivity index (χ2n) is 2.75. The lowest BCUT2D eigenvalue weighted by atomic mass is 10.2. The predicted molar refractivity (Wildman–Crippen MR) is 44.2 cm³/mol. The first-order valence-electron chi connectivity index (χ1n) is 3.88. The van der Waals surface area contributed by atoms with Gasteiger partial charge in [-0.05, 0) is 6.92 Å². The Kier molecular flexibility index (Phi) is 2.65. The van der Waals surface area contributed by atoms with Crippen LogP contribution in [-0.4, -0.2) is 36.5 Å². The van der Waals surface area contributed by atoms with Gasteiger partial charge in [-0.2, -0.15) is 0 Å². The molecule has 1 fully saturated rings. The lowest BCUT2D eigenvalue weighted by molar-refractivity contribution is -0.127. The fourth-order valence-corrected chi connectivity index (χ4v) is 1.25. The first kappa shape index (κ1) is 8.27. The van der Waals surface area contributed by atoms with E-state index in [1.807, 2.05) is 13.0 Å². The molecule has 0 radical (unpaired) electrons. The third-order valence-electron chi connectivity index (χ3n) is 1.99. The molecule has 3 heteroatoms. The molecule has 0 spiro atoms. The summed E-state index contributed by atoms with van der Waals surface area (Å²) in [6.07, 6.45) is 1.83. The van der Waals surface area contributed by atoms with Gasteiger partial charge < -0.3 is 5.32 Å². The summed E-state index contributed by atoms with van der Waals surface area (Å²) in [6, 6.07) is 0.00162. The highest BCUT2D eigenvalue weighted by atomic mass is 16.2. The third-order valence-corrected chi connectivity index (χ3v) is 1.99. The van der Waals surface area contributed by atoms with Crippen molar-refractivity contribution < 1.29 is 4.79 Å². The van der Waals surface area contributed by atoms with E-state index >= 15 is 0 Å². The molecule has 1 aliphatic heterocycles. The Morgan fingerprint density at radius 2 is 2.64 bits per heavy atom. The van der Waals surface area contributed by atoms with Crippen LogP contribution in [0.4, 0.5) is 0 Å². The number of hydrogen-bond donors (Lipinski definition) is 1. The van der Waals surface area contributed by atoms with Gasteiger partial charge >= 0.3 is 0 Å². The van der Waals surface area contributed by atoms with Crippen molar-refractivity contribution in [3.05, 3.63) is 12.7 Å². The Labute approximate surface area is 67.1 Å². The molecule has 1 aliphatic rings. The van der Waals surface area contributed by atoms with Gasteiger partial charge in [0, 0.05) is 19.6 Å². The van der Waals surface area contributed by atoms with E-state index in [1.54, 1.807) is 0 Å². The summed E-state index contributed by atoms with van der Waals surface area (Å²) in [6.45, 7) is 8.05. The molecule has 1 N–H and O–H groups in total. The molecular formula is C8H14N2O. The molecular weight excluding hydrogens is 140 g/mol. The van der Waals surface area contributed by atoms with Gasteiger partial charge in [-0.3, -0.25) is 9.69 Å². The third kappa shape index (κ3) is 1.80. The molecule has 11 heavy (non-hydrogen) atoms. The van der Waals surface area contributed by atoms with E-state index in [1.165, 1.54) is 0 Å². The van der Waals surface area contributed by atoms with Gasteiger partial charge in [0.2, 0.25) is 5.91 Å². The van der Waals surface area contributed by atoms with E-state index in [0.717, 1.165) is 19.6 Å². The van der Waals surface area contributed by atoms with Crippen LogP contribution in [0.25, 0.3) is 0 Å². The van der Waals surface area contributed by atoms with Crippen molar-refractivity contribution in [3.8, 4) is 0 Å². The number of carbonyl (C=O) groups is 1. The molecule has 0 aromatic heterocycles. The average molecular weight is 154 g/mol. The van der Waals surface area contributed by atoms with Gasteiger partial charge in [-0.25, -0.2) is 0 Å². The average Bonchev–Trinajstić information content (AvgIpc) is 1.99. The number of rotatable bonds is 2. The van der Waals surface area contributed by atoms with Crippen LogP contribution < -0.4 is 5.32 Å². The van der Waals surface area contributed by atoms with Gasteiger partial charge in [0.1, 0.15) is 0 Å². The maximum atomic E-state index is 11.1. The van der Waals surface area contributed by atoms with Gasteiger partial charge in [-0.1, -0.05) is 6.08 Å². The number of hydrogen-bond acceptors (Lipinski definition) is 2. The van der Waals surface area contributed by atoms with Gasteiger partial charge in [-0.15, -0.1) is 6.58 Å². The van der Waals surface area contributed by atoms with Gasteiger partial charge in [0.25, 0.3) is 0 Å². The highest BCUT2D eigenvalue weighted by Crippen LogP contribution is 2.02. The highest BCUT2D eigenvalue weighted by molar-refractivity contribution is 5.81. The molecule has 0 aromatic carbocycles. The maximum Gasteiger partial charge on any atom is 0.237 e. The molecule has 0 aromatic rings. The van der Waals surface area contributed by atoms with E-state index in [0.29, 0.717) is 0 Å². The van der Waals surface area contributed by atoms with Crippen molar-refractivity contribution in [1.29, 1.82) is 0 Å². The minimum Gasteiger partial charge on any atom is -0.353 e. The summed E-state index contributed by atoms with van der Waals surface area (Å²) in [7, 11) is 0. The van der Waals surface area contributed by atoms with Crippen molar-refractivity contribution in [2.75, 3.05) is 19.6 Å². The van der Waals surface area contributed by atoms with Crippen molar-refractivity contribution in [2.45, 2.75) is 13.0 Å². The predicted octanol–water partition coefficient (Wildman–Crippen LogP) is -0.00730. The molecule has 0 bridgehead atoms. The van der Waals surface area contributed by atoms with E-state index in [-0.39, 0.29) is 11.9 Å². The SMILES string of the molecule is C=CCN1CCNC(=O)C1C. The summed E-state index contributed by atoms with van der Waals surface area (Å²) >= 11 is 0. The smallest absolute Gasteiger partial charge is 0.237 e. The molecule has 0 aliphatic carbocycles. The first-order valence-corrected chi connectivity index (χ1v) is 3.88. The largest absolute Gasteiger partial charge is 0.353 e. The van der Waals surface area contributed by atoms with Crippen LogP contribution in [-0.2, 0) is 4.79 Å². The number of carbonyl (C=O) groups excluding carboxylic acids is 1. The molecule has 1 atom stereocenters. The highest BCUT2D eigenvalue weighted by Gasteiger charge is 2.23. The van der Waals surface area contributed by atoms with Crippen molar-refractivity contribution >= 4 is 5.91 Å². The summed E-state index contributed by atoms with van der Waals surface area (Å²) in [5, 5.41) is 2.81. The lowest BCUT2D eigenvalue weighted by Gasteiger charge is -2.31. The van der Waals surface area contributed by atoms with Crippen LogP contribution in [0.3, 0.4) is 0 Å². The lowest BCUT2D eigenvalue weighted by Crippen LogP contribution is -2.53. The number of amides is 1. The quantitative estimate of drug-likeness (QED) is 0.567. The number of nitrogens with zero attached hydrogens (tertiary/aromatic N) is 1. The zero-order valence-electron chi connectivity index (χ0n) is 6.84. The molecule has 1 heterocycles. The fraction of sp³-hybridized carbons (Fsp3) is 0.625. The minimum absolute atomic E-state index is 0.00162. The summed E-state index contributed by atoms with van der Waals surface area (Å²) in [5.74, 6) is 0.123. The Morgan fingerprint density at radius 3 is 3.27 bits per heavy atom. The molecule has 1 rings (SSSR count). The van der Waals surface area contributed by atoms with Crippen LogP contribution in [0.2, 0.25) is 0 Å². The Morgan fingerprint density at radius 1 is 1.91 bits per heavy atom. The number of piperazine rings is 1. The molecule has 3 nitrogen and oxygen atoms in total. The molecule has 62 valence electrons. The Bertz CT molecular complexity index is 167. The summed E-state index contributed by atoms with van der Waals surface area (Å²) < 4.78 is 0. The van der Waals surface area contributed by atoms with Crippen LogP contribution in [0.5, 0.6) is 0 Å². The van der Waals surface area contributed by atoms with E-state index in [2.05, 4.69) is 16.8 Å². The molecule has 1 saturated heterocycles. The Hall–Kier alpha value is -0.830. The van der Waals surface area contributed by atoms with E-state index in [9.17, 15) is 4.79 Å². The second-order valence-corrected chi connectivity index (χ2v) is 2.75. The van der Waals surface area contributed by atoms with Crippen LogP contribution >= 0.6 is 0 Å².